The predicted octanol–water partition coefficient (Wildman–Crippen LogP) is 4.07. The van der Waals surface area contributed by atoms with Gasteiger partial charge in [-0.1, -0.05) is 45.0 Å². The van der Waals surface area contributed by atoms with Crippen molar-refractivity contribution in [3.05, 3.63) is 59.8 Å². The second-order valence-electron chi connectivity index (χ2n) is 7.71. The monoisotopic (exact) mass is 380 g/mol. The Kier molecular flexibility index (Phi) is 5.14. The van der Waals surface area contributed by atoms with E-state index < -0.39 is 5.97 Å². The number of nitrogens with one attached hydrogen (secondary N) is 1. The topological polar surface area (TPSA) is 80.6 Å². The first kappa shape index (κ1) is 19.5. The number of benzene rings is 2. The van der Waals surface area contributed by atoms with E-state index in [1.165, 1.54) is 7.11 Å². The van der Waals surface area contributed by atoms with Gasteiger partial charge in [0.1, 0.15) is 12.3 Å². The van der Waals surface area contributed by atoms with E-state index in [1.807, 2.05) is 30.3 Å². The number of carbonyl (C=O) groups is 2. The Balaban J connectivity index is 1.88. The Bertz CT molecular complexity index is 1040. The number of aromatic hydroxyl groups is 1. The smallest absolute Gasteiger partial charge is 0.340 e. The van der Waals surface area contributed by atoms with E-state index in [4.69, 9.17) is 4.74 Å². The van der Waals surface area contributed by atoms with E-state index in [0.29, 0.717) is 11.3 Å². The molecule has 3 aromatic rings. The number of carbonyl (C=O) groups excluding carboxylic acids is 2. The minimum absolute atomic E-state index is 0.00328. The predicted molar refractivity (Wildman–Crippen MR) is 109 cm³/mol. The zero-order valence-corrected chi connectivity index (χ0v) is 16.4. The summed E-state index contributed by atoms with van der Waals surface area (Å²) in [7, 11) is 1.33. The SMILES string of the molecule is COC(=O)c1cn(CC(=O)Nc2cc(C(C)(C)C)ccc2O)c2ccccc12. The number of methoxy groups -OCH3 is 1. The van der Waals surface area contributed by atoms with Gasteiger partial charge in [-0.15, -0.1) is 0 Å². The van der Waals surface area contributed by atoms with Gasteiger partial charge in [0.15, 0.2) is 0 Å². The van der Waals surface area contributed by atoms with E-state index in [1.54, 1.807) is 22.9 Å². The van der Waals surface area contributed by atoms with Gasteiger partial charge in [-0.05, 0) is 29.2 Å². The Morgan fingerprint density at radius 1 is 1.14 bits per heavy atom. The van der Waals surface area contributed by atoms with Crippen LogP contribution in [0.5, 0.6) is 5.75 Å². The Hall–Kier alpha value is -3.28. The number of esters is 1. The van der Waals surface area contributed by atoms with Crippen molar-refractivity contribution in [1.29, 1.82) is 0 Å². The van der Waals surface area contributed by atoms with Gasteiger partial charge in [-0.25, -0.2) is 4.79 Å². The van der Waals surface area contributed by atoms with Crippen molar-refractivity contribution in [2.75, 3.05) is 12.4 Å². The molecule has 2 aromatic carbocycles. The maximum atomic E-state index is 12.6. The Labute approximate surface area is 163 Å². The molecule has 0 atom stereocenters. The number of para-hydroxylation sites is 1. The van der Waals surface area contributed by atoms with Crippen molar-refractivity contribution in [3.63, 3.8) is 0 Å². The van der Waals surface area contributed by atoms with E-state index in [-0.39, 0.29) is 23.6 Å². The lowest BCUT2D eigenvalue weighted by Gasteiger charge is -2.20. The normalized spacial score (nSPS) is 11.4. The number of anilines is 1. The van der Waals surface area contributed by atoms with Crippen LogP contribution in [0.15, 0.2) is 48.7 Å². The molecule has 0 aliphatic rings. The average molecular weight is 380 g/mol. The first-order valence-corrected chi connectivity index (χ1v) is 9.00. The largest absolute Gasteiger partial charge is 0.506 e. The molecule has 1 heterocycles. The number of amides is 1. The van der Waals surface area contributed by atoms with Crippen LogP contribution >= 0.6 is 0 Å². The summed E-state index contributed by atoms with van der Waals surface area (Å²) in [5, 5.41) is 13.6. The highest BCUT2D eigenvalue weighted by atomic mass is 16.5. The third-order valence-electron chi connectivity index (χ3n) is 4.64. The van der Waals surface area contributed by atoms with Crippen molar-refractivity contribution in [2.24, 2.45) is 0 Å². The van der Waals surface area contributed by atoms with Gasteiger partial charge in [0, 0.05) is 17.1 Å². The zero-order valence-electron chi connectivity index (χ0n) is 16.4. The van der Waals surface area contributed by atoms with Crippen LogP contribution in [0.3, 0.4) is 0 Å². The van der Waals surface area contributed by atoms with Crippen LogP contribution in [-0.2, 0) is 21.5 Å². The summed E-state index contributed by atoms with van der Waals surface area (Å²) in [4.78, 5) is 24.7. The van der Waals surface area contributed by atoms with Crippen molar-refractivity contribution >= 4 is 28.5 Å². The fourth-order valence-corrected chi connectivity index (χ4v) is 3.10. The highest BCUT2D eigenvalue weighted by Gasteiger charge is 2.19. The summed E-state index contributed by atoms with van der Waals surface area (Å²) in [6, 6.07) is 12.5. The number of fused-ring (bicyclic) bond motifs is 1. The lowest BCUT2D eigenvalue weighted by atomic mass is 9.87. The number of hydrogen-bond donors (Lipinski definition) is 2. The molecule has 28 heavy (non-hydrogen) atoms. The molecule has 6 nitrogen and oxygen atoms in total. The van der Waals surface area contributed by atoms with E-state index in [9.17, 15) is 14.7 Å². The minimum Gasteiger partial charge on any atom is -0.506 e. The first-order valence-electron chi connectivity index (χ1n) is 9.00. The molecule has 0 aliphatic heterocycles. The second-order valence-corrected chi connectivity index (χ2v) is 7.71. The van der Waals surface area contributed by atoms with E-state index >= 15 is 0 Å². The molecule has 1 aromatic heterocycles. The van der Waals surface area contributed by atoms with Gasteiger partial charge in [0.05, 0.1) is 18.4 Å². The molecule has 0 saturated heterocycles. The Morgan fingerprint density at radius 3 is 2.54 bits per heavy atom. The molecule has 3 rings (SSSR count). The summed E-state index contributed by atoms with van der Waals surface area (Å²) in [5.74, 6) is -0.752. The molecule has 146 valence electrons. The molecule has 1 amide bonds. The lowest BCUT2D eigenvalue weighted by molar-refractivity contribution is -0.116. The van der Waals surface area contributed by atoms with Crippen LogP contribution in [-0.4, -0.2) is 28.7 Å². The van der Waals surface area contributed by atoms with Gasteiger partial charge in [-0.3, -0.25) is 4.79 Å². The van der Waals surface area contributed by atoms with Crippen LogP contribution in [0, 0.1) is 0 Å². The fourth-order valence-electron chi connectivity index (χ4n) is 3.10. The van der Waals surface area contributed by atoms with Gasteiger partial charge in [-0.2, -0.15) is 0 Å². The lowest BCUT2D eigenvalue weighted by Crippen LogP contribution is -2.19. The van der Waals surface area contributed by atoms with Crippen LogP contribution < -0.4 is 5.32 Å². The quantitative estimate of drug-likeness (QED) is 0.528. The Morgan fingerprint density at radius 2 is 1.86 bits per heavy atom. The molecule has 6 heteroatoms. The maximum Gasteiger partial charge on any atom is 0.340 e. The third kappa shape index (κ3) is 3.86. The third-order valence-corrected chi connectivity index (χ3v) is 4.64. The molecule has 0 spiro atoms. The van der Waals surface area contributed by atoms with E-state index in [0.717, 1.165) is 16.5 Å². The van der Waals surface area contributed by atoms with Crippen molar-refractivity contribution in [1.82, 2.24) is 4.57 Å². The summed E-state index contributed by atoms with van der Waals surface area (Å²) in [6.07, 6.45) is 1.61. The minimum atomic E-state index is -0.453. The summed E-state index contributed by atoms with van der Waals surface area (Å²) < 4.78 is 6.53. The highest BCUT2D eigenvalue weighted by molar-refractivity contribution is 6.05. The summed E-state index contributed by atoms with van der Waals surface area (Å²) in [5.41, 5.74) is 2.41. The number of hydrogen-bond acceptors (Lipinski definition) is 4. The summed E-state index contributed by atoms with van der Waals surface area (Å²) >= 11 is 0. The van der Waals surface area contributed by atoms with Crippen molar-refractivity contribution < 1.29 is 19.4 Å². The standard InChI is InChI=1S/C22H24N2O4/c1-22(2,3)14-9-10-19(25)17(11-14)23-20(26)13-24-12-16(21(27)28-4)15-7-5-6-8-18(15)24/h5-12,25H,13H2,1-4H3,(H,23,26). The van der Waals surface area contributed by atoms with Crippen LogP contribution in [0.4, 0.5) is 5.69 Å². The fraction of sp³-hybridized carbons (Fsp3) is 0.273. The molecule has 2 N–H and O–H groups in total. The number of nitrogens with zero attached hydrogens (tertiary/aromatic N) is 1. The molecule has 0 aliphatic carbocycles. The van der Waals surface area contributed by atoms with Gasteiger partial charge in [0.25, 0.3) is 0 Å². The van der Waals surface area contributed by atoms with Gasteiger partial charge >= 0.3 is 5.97 Å². The average Bonchev–Trinajstić information content (AvgIpc) is 3.00. The molecule has 0 bridgehead atoms. The number of phenols is 1. The maximum absolute atomic E-state index is 12.6. The number of ether oxygens (including phenoxy) is 1. The zero-order chi connectivity index (χ0) is 20.5. The number of phenolic OH excluding ortho intramolecular Hbond substituents is 1. The first-order chi connectivity index (χ1) is 13.2. The van der Waals surface area contributed by atoms with Crippen molar-refractivity contribution in [3.8, 4) is 5.75 Å². The van der Waals surface area contributed by atoms with Crippen LogP contribution in [0.25, 0.3) is 10.9 Å². The van der Waals surface area contributed by atoms with Gasteiger partial charge in [0.2, 0.25) is 5.91 Å². The van der Waals surface area contributed by atoms with Crippen molar-refractivity contribution in [2.45, 2.75) is 32.7 Å². The molecule has 0 fully saturated rings. The number of rotatable bonds is 4. The number of aromatic nitrogens is 1. The molecular weight excluding hydrogens is 356 g/mol. The molecule has 0 saturated carbocycles. The summed E-state index contributed by atoms with van der Waals surface area (Å²) in [6.45, 7) is 6.18. The van der Waals surface area contributed by atoms with Crippen LogP contribution in [0.1, 0.15) is 36.7 Å². The van der Waals surface area contributed by atoms with Gasteiger partial charge < -0.3 is 19.7 Å². The highest BCUT2D eigenvalue weighted by Crippen LogP contribution is 2.31. The van der Waals surface area contributed by atoms with E-state index in [2.05, 4.69) is 26.1 Å². The van der Waals surface area contributed by atoms with Crippen LogP contribution in [0.2, 0.25) is 0 Å². The molecule has 0 unspecified atom stereocenters. The molecule has 0 radical (unpaired) electrons. The molecular formula is C22H24N2O4. The second kappa shape index (κ2) is 7.38.